The molecule has 0 saturated heterocycles. The quantitative estimate of drug-likeness (QED) is 0.833. The summed E-state index contributed by atoms with van der Waals surface area (Å²) in [6.07, 6.45) is -3.56. The predicted molar refractivity (Wildman–Crippen MR) is 68.0 cm³/mol. The molecule has 1 atom stereocenters. The maximum atomic E-state index is 13.4. The molecule has 0 saturated carbocycles. The predicted octanol–water partition coefficient (Wildman–Crippen LogP) is 3.34. The highest BCUT2D eigenvalue weighted by molar-refractivity contribution is 6.05. The zero-order chi connectivity index (χ0) is 14.9. The van der Waals surface area contributed by atoms with Crippen molar-refractivity contribution in [1.82, 2.24) is 0 Å². The molecule has 108 valence electrons. The minimum Gasteiger partial charge on any atom is -0.386 e. The zero-order valence-electron chi connectivity index (χ0n) is 10.7. The van der Waals surface area contributed by atoms with Gasteiger partial charge in [0, 0.05) is 17.9 Å². The summed E-state index contributed by atoms with van der Waals surface area (Å²) in [6.45, 7) is 1.86. The van der Waals surface area contributed by atoms with Gasteiger partial charge in [-0.1, -0.05) is 6.92 Å². The maximum absolute atomic E-state index is 13.4. The molecule has 1 aromatic carbocycles. The van der Waals surface area contributed by atoms with Gasteiger partial charge in [0.1, 0.15) is 11.7 Å². The van der Waals surface area contributed by atoms with Gasteiger partial charge in [-0.25, -0.2) is 4.39 Å². The summed E-state index contributed by atoms with van der Waals surface area (Å²) in [4.78, 5) is 0. The lowest BCUT2D eigenvalue weighted by atomic mass is 9.89. The Balaban J connectivity index is 2.49. The van der Waals surface area contributed by atoms with Crippen LogP contribution in [-0.2, 0) is 6.18 Å². The van der Waals surface area contributed by atoms with Crippen LogP contribution in [0.25, 0.3) is 0 Å². The Bertz CT molecular complexity index is 575. The van der Waals surface area contributed by atoms with E-state index in [9.17, 15) is 17.6 Å². The molecular formula is C13H13F4N3. The number of benzene rings is 1. The Labute approximate surface area is 113 Å². The van der Waals surface area contributed by atoms with Crippen LogP contribution in [0.4, 0.5) is 17.6 Å². The van der Waals surface area contributed by atoms with E-state index in [1.54, 1.807) is 0 Å². The topological polar surface area (TPSA) is 50.7 Å². The van der Waals surface area contributed by atoms with Gasteiger partial charge in [0.2, 0.25) is 0 Å². The molecule has 0 spiro atoms. The summed E-state index contributed by atoms with van der Waals surface area (Å²) in [6, 6.07) is 2.39. The van der Waals surface area contributed by atoms with Crippen molar-refractivity contribution >= 4 is 11.5 Å². The molecule has 1 aliphatic heterocycles. The van der Waals surface area contributed by atoms with Crippen LogP contribution in [0, 0.1) is 11.7 Å². The molecule has 0 radical (unpaired) electrons. The molecule has 1 aromatic rings. The van der Waals surface area contributed by atoms with E-state index in [1.165, 1.54) is 0 Å². The Hall–Kier alpha value is -1.92. The number of hydrogen-bond acceptors (Lipinski definition) is 3. The van der Waals surface area contributed by atoms with E-state index in [-0.39, 0.29) is 11.5 Å². The highest BCUT2D eigenvalue weighted by atomic mass is 19.4. The van der Waals surface area contributed by atoms with Gasteiger partial charge in [0.05, 0.1) is 11.3 Å². The lowest BCUT2D eigenvalue weighted by Crippen LogP contribution is -2.27. The highest BCUT2D eigenvalue weighted by Gasteiger charge is 2.32. The molecule has 0 aliphatic carbocycles. The van der Waals surface area contributed by atoms with Crippen molar-refractivity contribution < 1.29 is 17.6 Å². The molecule has 0 aromatic heterocycles. The van der Waals surface area contributed by atoms with Crippen LogP contribution in [-0.4, -0.2) is 11.5 Å². The third kappa shape index (κ3) is 2.97. The van der Waals surface area contributed by atoms with E-state index in [4.69, 9.17) is 5.73 Å². The summed E-state index contributed by atoms with van der Waals surface area (Å²) in [5.74, 6) is -0.779. The third-order valence-electron chi connectivity index (χ3n) is 3.14. The molecular weight excluding hydrogens is 274 g/mol. The monoisotopic (exact) mass is 287 g/mol. The third-order valence-corrected chi connectivity index (χ3v) is 3.14. The minimum atomic E-state index is -4.60. The van der Waals surface area contributed by atoms with E-state index in [1.807, 2.05) is 6.92 Å². The van der Waals surface area contributed by atoms with Gasteiger partial charge in [0.25, 0.3) is 0 Å². The van der Waals surface area contributed by atoms with E-state index in [0.29, 0.717) is 30.5 Å². The normalized spacial score (nSPS) is 19.6. The average Bonchev–Trinajstić information content (AvgIpc) is 2.36. The largest absolute Gasteiger partial charge is 0.416 e. The highest BCUT2D eigenvalue weighted by Crippen LogP contribution is 2.32. The second kappa shape index (κ2) is 5.22. The van der Waals surface area contributed by atoms with Crippen molar-refractivity contribution in [3.8, 4) is 0 Å². The average molecular weight is 287 g/mol. The maximum Gasteiger partial charge on any atom is 0.416 e. The van der Waals surface area contributed by atoms with Gasteiger partial charge in [-0.2, -0.15) is 18.3 Å². The molecule has 1 aliphatic rings. The van der Waals surface area contributed by atoms with Crippen molar-refractivity contribution in [2.75, 3.05) is 0 Å². The van der Waals surface area contributed by atoms with Crippen molar-refractivity contribution in [3.05, 3.63) is 35.1 Å². The molecule has 0 amide bonds. The number of hydrogen-bond donors (Lipinski definition) is 1. The van der Waals surface area contributed by atoms with Crippen LogP contribution >= 0.6 is 0 Å². The van der Waals surface area contributed by atoms with Crippen LogP contribution in [0.3, 0.4) is 0 Å². The molecule has 20 heavy (non-hydrogen) atoms. The van der Waals surface area contributed by atoms with E-state index in [0.717, 1.165) is 12.1 Å². The Morgan fingerprint density at radius 1 is 1.25 bits per heavy atom. The minimum absolute atomic E-state index is 0.0976. The number of alkyl halides is 3. The number of rotatable bonds is 2. The molecule has 1 heterocycles. The summed E-state index contributed by atoms with van der Waals surface area (Å²) < 4.78 is 51.5. The molecule has 7 heteroatoms. The number of halogens is 4. The first-order valence-electron chi connectivity index (χ1n) is 6.09. The van der Waals surface area contributed by atoms with Gasteiger partial charge in [-0.3, -0.25) is 0 Å². The molecule has 0 bridgehead atoms. The van der Waals surface area contributed by atoms with Crippen LogP contribution in [0.15, 0.2) is 28.4 Å². The summed E-state index contributed by atoms with van der Waals surface area (Å²) >= 11 is 0. The van der Waals surface area contributed by atoms with Crippen LogP contribution in [0.2, 0.25) is 0 Å². The Morgan fingerprint density at radius 3 is 2.55 bits per heavy atom. The smallest absolute Gasteiger partial charge is 0.386 e. The summed E-state index contributed by atoms with van der Waals surface area (Å²) in [5.41, 5.74) is 4.96. The molecule has 2 rings (SSSR count). The Kier molecular flexibility index (Phi) is 3.78. The first kappa shape index (κ1) is 14.5. The van der Waals surface area contributed by atoms with Gasteiger partial charge in [0.15, 0.2) is 0 Å². The fourth-order valence-electron chi connectivity index (χ4n) is 2.12. The number of amidine groups is 1. The van der Waals surface area contributed by atoms with E-state index < -0.39 is 17.6 Å². The van der Waals surface area contributed by atoms with Gasteiger partial charge >= 0.3 is 6.18 Å². The molecule has 1 unspecified atom stereocenters. The van der Waals surface area contributed by atoms with Gasteiger partial charge < -0.3 is 5.73 Å². The van der Waals surface area contributed by atoms with Crippen LogP contribution < -0.4 is 5.73 Å². The van der Waals surface area contributed by atoms with Crippen molar-refractivity contribution in [3.63, 3.8) is 0 Å². The van der Waals surface area contributed by atoms with Crippen molar-refractivity contribution in [1.29, 1.82) is 0 Å². The van der Waals surface area contributed by atoms with E-state index >= 15 is 0 Å². The van der Waals surface area contributed by atoms with Crippen molar-refractivity contribution in [2.45, 2.75) is 25.9 Å². The van der Waals surface area contributed by atoms with Gasteiger partial charge in [-0.05, 0) is 24.6 Å². The van der Waals surface area contributed by atoms with Crippen LogP contribution in [0.5, 0.6) is 0 Å². The summed E-state index contributed by atoms with van der Waals surface area (Å²) in [5, 5.41) is 7.53. The molecule has 3 nitrogen and oxygen atoms in total. The van der Waals surface area contributed by atoms with Gasteiger partial charge in [-0.15, -0.1) is 5.10 Å². The van der Waals surface area contributed by atoms with Crippen molar-refractivity contribution in [2.24, 2.45) is 21.9 Å². The first-order chi connectivity index (χ1) is 9.31. The van der Waals surface area contributed by atoms with E-state index in [2.05, 4.69) is 10.2 Å². The SMILES string of the molecule is CCC1CC(N)=NN=C1c1cc(F)cc(C(F)(F)F)c1. The fraction of sp³-hybridized carbons (Fsp3) is 0.385. The lowest BCUT2D eigenvalue weighted by Gasteiger charge is -2.20. The second-order valence-corrected chi connectivity index (χ2v) is 4.61. The number of nitrogens with two attached hydrogens (primary N) is 1. The lowest BCUT2D eigenvalue weighted by molar-refractivity contribution is -0.137. The zero-order valence-corrected chi connectivity index (χ0v) is 10.7. The number of nitrogens with zero attached hydrogens (tertiary/aromatic N) is 2. The Morgan fingerprint density at radius 2 is 1.95 bits per heavy atom. The first-order valence-corrected chi connectivity index (χ1v) is 6.09. The second-order valence-electron chi connectivity index (χ2n) is 4.61. The fourth-order valence-corrected chi connectivity index (χ4v) is 2.12. The summed E-state index contributed by atoms with van der Waals surface area (Å²) in [7, 11) is 0. The molecule has 2 N–H and O–H groups in total. The standard InChI is InChI=1S/C13H13F4N3/c1-2-7-5-11(18)19-20-12(7)8-3-9(13(15,16)17)6-10(14)4-8/h3-4,6-7H,2,5H2,1H3,(H2,18,19). The molecule has 0 fully saturated rings. The van der Waals surface area contributed by atoms with Crippen LogP contribution in [0.1, 0.15) is 30.9 Å².